The van der Waals surface area contributed by atoms with Crippen LogP contribution < -0.4 is 0 Å². The van der Waals surface area contributed by atoms with Gasteiger partial charge >= 0.3 is 5.97 Å². The second-order valence-electron chi connectivity index (χ2n) is 9.37. The van der Waals surface area contributed by atoms with Gasteiger partial charge in [0.05, 0.1) is 23.9 Å². The molecule has 0 saturated heterocycles. The molecule has 0 unspecified atom stereocenters. The van der Waals surface area contributed by atoms with Crippen molar-refractivity contribution in [2.45, 2.75) is 89.6 Å². The van der Waals surface area contributed by atoms with Crippen molar-refractivity contribution in [1.29, 1.82) is 0 Å². The molecule has 3 N–H and O–H groups in total. The summed E-state index contributed by atoms with van der Waals surface area (Å²) in [5.74, 6) is -11.9. The van der Waals surface area contributed by atoms with Crippen molar-refractivity contribution in [2.75, 3.05) is 0 Å². The fourth-order valence-electron chi connectivity index (χ4n) is 4.40. The van der Waals surface area contributed by atoms with Crippen LogP contribution in [0.2, 0.25) is 0 Å². The Morgan fingerprint density at radius 3 is 2.27 bits per heavy atom. The SMILES string of the molecule is CCCCC[C@H](O)/C=C/[C@@H]1[C@@H](C/C=C\CCCC(=O)OCc2c(F)c(F)c(F)c(F)c2F)[C@H](O)C[C@H]1O. The number of aliphatic hydroxyl groups excluding tert-OH is 3. The van der Waals surface area contributed by atoms with E-state index >= 15 is 0 Å². The van der Waals surface area contributed by atoms with Crippen LogP contribution >= 0.6 is 0 Å². The standard InChI is InChI=1S/C27H35F5O5/c1-2-3-6-9-16(33)12-13-18-17(20(34)14-21(18)35)10-7-4-5-8-11-22(36)37-15-19-23(28)25(30)27(32)26(31)24(19)29/h4,7,12-13,16-18,20-21,33-35H,2-3,5-6,8-11,14-15H2,1H3/b7-4-,13-12+/t16-,17+,18+,20+,21+/m0/s1. The summed E-state index contributed by atoms with van der Waals surface area (Å²) in [5.41, 5.74) is -1.21. The normalized spacial score (nSPS) is 22.8. The van der Waals surface area contributed by atoms with Crippen molar-refractivity contribution in [3.63, 3.8) is 0 Å². The number of aliphatic hydroxyl groups is 3. The van der Waals surface area contributed by atoms with Gasteiger partial charge in [-0.3, -0.25) is 4.79 Å². The van der Waals surface area contributed by atoms with Gasteiger partial charge in [-0.2, -0.15) is 0 Å². The quantitative estimate of drug-likeness (QED) is 0.0744. The summed E-state index contributed by atoms with van der Waals surface area (Å²) in [7, 11) is 0. The van der Waals surface area contributed by atoms with E-state index in [1.807, 2.05) is 6.08 Å². The molecular weight excluding hydrogens is 499 g/mol. The first-order valence-corrected chi connectivity index (χ1v) is 12.6. The Balaban J connectivity index is 1.76. The van der Waals surface area contributed by atoms with Crippen molar-refractivity contribution in [3.8, 4) is 0 Å². The number of carbonyl (C=O) groups is 1. The fourth-order valence-corrected chi connectivity index (χ4v) is 4.40. The van der Waals surface area contributed by atoms with Crippen LogP contribution in [0.3, 0.4) is 0 Å². The highest BCUT2D eigenvalue weighted by Crippen LogP contribution is 2.36. The van der Waals surface area contributed by atoms with Gasteiger partial charge in [-0.25, -0.2) is 22.0 Å². The molecule has 208 valence electrons. The van der Waals surface area contributed by atoms with E-state index in [1.54, 1.807) is 18.2 Å². The maximum atomic E-state index is 13.6. The van der Waals surface area contributed by atoms with E-state index in [9.17, 15) is 42.1 Å². The number of unbranched alkanes of at least 4 members (excludes halogenated alkanes) is 3. The first-order valence-electron chi connectivity index (χ1n) is 12.6. The smallest absolute Gasteiger partial charge is 0.306 e. The Labute approximate surface area is 213 Å². The van der Waals surface area contributed by atoms with Gasteiger partial charge < -0.3 is 20.1 Å². The molecular formula is C27H35F5O5. The van der Waals surface area contributed by atoms with Crippen molar-refractivity contribution >= 4 is 5.97 Å². The molecule has 37 heavy (non-hydrogen) atoms. The van der Waals surface area contributed by atoms with E-state index in [2.05, 4.69) is 11.7 Å². The third-order valence-corrected chi connectivity index (χ3v) is 6.58. The van der Waals surface area contributed by atoms with Gasteiger partial charge in [-0.1, -0.05) is 50.5 Å². The van der Waals surface area contributed by atoms with Crippen molar-refractivity contribution in [1.82, 2.24) is 0 Å². The zero-order valence-corrected chi connectivity index (χ0v) is 20.8. The van der Waals surface area contributed by atoms with E-state index < -0.39 is 65.5 Å². The Hall–Kier alpha value is -2.30. The average molecular weight is 535 g/mol. The zero-order chi connectivity index (χ0) is 27.5. The number of rotatable bonds is 14. The average Bonchev–Trinajstić information content (AvgIpc) is 3.14. The number of esters is 1. The number of halogens is 5. The summed E-state index contributed by atoms with van der Waals surface area (Å²) in [6.45, 7) is 1.00. The van der Waals surface area contributed by atoms with Crippen LogP contribution in [0, 0.1) is 40.9 Å². The first kappa shape index (κ1) is 30.9. The Morgan fingerprint density at radius 2 is 1.62 bits per heavy atom. The molecule has 0 amide bonds. The second-order valence-corrected chi connectivity index (χ2v) is 9.37. The summed E-state index contributed by atoms with van der Waals surface area (Å²) in [6.07, 6.45) is 10.1. The molecule has 5 atom stereocenters. The Kier molecular flexibility index (Phi) is 12.7. The Morgan fingerprint density at radius 1 is 0.973 bits per heavy atom. The molecule has 1 aromatic carbocycles. The summed E-state index contributed by atoms with van der Waals surface area (Å²) in [5, 5.41) is 30.7. The highest BCUT2D eigenvalue weighted by molar-refractivity contribution is 5.69. The van der Waals surface area contributed by atoms with Crippen LogP contribution in [-0.4, -0.2) is 39.6 Å². The number of ether oxygens (including phenoxy) is 1. The van der Waals surface area contributed by atoms with Crippen LogP contribution in [0.15, 0.2) is 24.3 Å². The molecule has 0 aromatic heterocycles. The van der Waals surface area contributed by atoms with Crippen LogP contribution in [-0.2, 0) is 16.1 Å². The number of hydrogen-bond acceptors (Lipinski definition) is 5. The maximum absolute atomic E-state index is 13.6. The first-order chi connectivity index (χ1) is 17.6. The lowest BCUT2D eigenvalue weighted by molar-refractivity contribution is -0.145. The van der Waals surface area contributed by atoms with Crippen molar-refractivity contribution in [2.24, 2.45) is 11.8 Å². The van der Waals surface area contributed by atoms with E-state index in [0.717, 1.165) is 19.3 Å². The highest BCUT2D eigenvalue weighted by Gasteiger charge is 2.39. The predicted octanol–water partition coefficient (Wildman–Crippen LogP) is 5.40. The van der Waals surface area contributed by atoms with Gasteiger partial charge in [-0.15, -0.1) is 0 Å². The monoisotopic (exact) mass is 534 g/mol. The van der Waals surface area contributed by atoms with Crippen LogP contribution in [0.5, 0.6) is 0 Å². The molecule has 10 heteroatoms. The Bertz CT molecular complexity index is 923. The number of benzene rings is 1. The summed E-state index contributed by atoms with van der Waals surface area (Å²) in [6, 6.07) is 0. The van der Waals surface area contributed by atoms with E-state index in [-0.39, 0.29) is 24.7 Å². The molecule has 1 aliphatic rings. The van der Waals surface area contributed by atoms with Gasteiger partial charge in [-0.05, 0) is 31.6 Å². The van der Waals surface area contributed by atoms with E-state index in [1.165, 1.54) is 0 Å². The molecule has 0 radical (unpaired) electrons. The minimum Gasteiger partial charge on any atom is -0.461 e. The maximum Gasteiger partial charge on any atom is 0.306 e. The molecule has 1 saturated carbocycles. The minimum atomic E-state index is -2.28. The molecule has 1 fully saturated rings. The predicted molar refractivity (Wildman–Crippen MR) is 127 cm³/mol. The highest BCUT2D eigenvalue weighted by atomic mass is 19.2. The molecule has 2 rings (SSSR count). The molecule has 0 aliphatic heterocycles. The third-order valence-electron chi connectivity index (χ3n) is 6.58. The molecule has 0 bridgehead atoms. The van der Waals surface area contributed by atoms with Gasteiger partial charge in [0.2, 0.25) is 5.82 Å². The van der Waals surface area contributed by atoms with Crippen molar-refractivity contribution in [3.05, 3.63) is 59.0 Å². The number of allylic oxidation sites excluding steroid dienone is 2. The van der Waals surface area contributed by atoms with Crippen LogP contribution in [0.1, 0.15) is 70.3 Å². The van der Waals surface area contributed by atoms with E-state index in [4.69, 9.17) is 0 Å². The number of carbonyl (C=O) groups excluding carboxylic acids is 1. The zero-order valence-electron chi connectivity index (χ0n) is 20.8. The van der Waals surface area contributed by atoms with E-state index in [0.29, 0.717) is 25.7 Å². The van der Waals surface area contributed by atoms with Crippen molar-refractivity contribution < 1.29 is 46.8 Å². The number of hydrogen-bond donors (Lipinski definition) is 3. The summed E-state index contributed by atoms with van der Waals surface area (Å²) >= 11 is 0. The largest absolute Gasteiger partial charge is 0.461 e. The van der Waals surface area contributed by atoms with Crippen LogP contribution in [0.4, 0.5) is 22.0 Å². The lowest BCUT2D eigenvalue weighted by Gasteiger charge is -2.19. The topological polar surface area (TPSA) is 87.0 Å². The second kappa shape index (κ2) is 15.2. The lowest BCUT2D eigenvalue weighted by atomic mass is 9.89. The minimum absolute atomic E-state index is 0.133. The van der Waals surface area contributed by atoms with Gasteiger partial charge in [0.1, 0.15) is 6.61 Å². The third kappa shape index (κ3) is 8.90. The molecule has 1 aromatic rings. The van der Waals surface area contributed by atoms with Gasteiger partial charge in [0, 0.05) is 18.8 Å². The summed E-state index contributed by atoms with van der Waals surface area (Å²) < 4.78 is 71.4. The summed E-state index contributed by atoms with van der Waals surface area (Å²) in [4.78, 5) is 11.8. The molecule has 0 spiro atoms. The van der Waals surface area contributed by atoms with Gasteiger partial charge in [0.25, 0.3) is 0 Å². The molecule has 5 nitrogen and oxygen atoms in total. The fraction of sp³-hybridized carbons (Fsp3) is 0.593. The molecule has 0 heterocycles. The molecule has 1 aliphatic carbocycles. The lowest BCUT2D eigenvalue weighted by Crippen LogP contribution is -2.20. The van der Waals surface area contributed by atoms with Gasteiger partial charge in [0.15, 0.2) is 23.3 Å². The van der Waals surface area contributed by atoms with Crippen LogP contribution in [0.25, 0.3) is 0 Å².